The predicted molar refractivity (Wildman–Crippen MR) is 115 cm³/mol. The van der Waals surface area contributed by atoms with Crippen molar-refractivity contribution in [3.05, 3.63) is 42.2 Å². The molecule has 2 aromatic rings. The summed E-state index contributed by atoms with van der Waals surface area (Å²) < 4.78 is 39.3. The number of sulfonamides is 1. The van der Waals surface area contributed by atoms with E-state index < -0.39 is 22.0 Å². The summed E-state index contributed by atoms with van der Waals surface area (Å²) >= 11 is 0. The SMILES string of the molecule is CCOc1ccc(N(C)C(=O)[C@H]2CCCN2S(=O)(=O)c2cc(C(=O)OC)n(C)c2)cc1. The van der Waals surface area contributed by atoms with Gasteiger partial charge in [-0.2, -0.15) is 4.31 Å². The van der Waals surface area contributed by atoms with E-state index in [1.54, 1.807) is 38.4 Å². The molecule has 0 saturated carbocycles. The minimum atomic E-state index is -3.97. The van der Waals surface area contributed by atoms with Gasteiger partial charge in [-0.25, -0.2) is 13.2 Å². The third-order valence-electron chi connectivity index (χ3n) is 5.34. The molecule has 0 aliphatic carbocycles. The standard InChI is InChI=1S/C21H27N3O6S/c1-5-30-16-10-8-15(9-11-16)23(3)20(25)18-7-6-12-24(18)31(27,28)17-13-19(21(26)29-4)22(2)14-17/h8-11,13-14,18H,5-7,12H2,1-4H3/t18-/m1/s1. The van der Waals surface area contributed by atoms with Crippen LogP contribution in [-0.2, 0) is 26.6 Å². The Hall–Kier alpha value is -2.85. The second kappa shape index (κ2) is 9.11. The molecule has 1 atom stereocenters. The van der Waals surface area contributed by atoms with Gasteiger partial charge in [0.25, 0.3) is 0 Å². The van der Waals surface area contributed by atoms with Crippen LogP contribution in [0.3, 0.4) is 0 Å². The van der Waals surface area contributed by atoms with E-state index in [0.717, 1.165) is 0 Å². The lowest BCUT2D eigenvalue weighted by Crippen LogP contribution is -2.46. The molecule has 2 heterocycles. The Bertz CT molecular complexity index is 1060. The van der Waals surface area contributed by atoms with Crippen LogP contribution < -0.4 is 9.64 Å². The quantitative estimate of drug-likeness (QED) is 0.600. The smallest absolute Gasteiger partial charge is 0.354 e. The normalized spacial score (nSPS) is 16.8. The van der Waals surface area contributed by atoms with Gasteiger partial charge in [0.1, 0.15) is 22.4 Å². The Labute approximate surface area is 182 Å². The number of amides is 1. The van der Waals surface area contributed by atoms with Gasteiger partial charge in [-0.15, -0.1) is 0 Å². The molecule has 1 aromatic carbocycles. The van der Waals surface area contributed by atoms with Crippen molar-refractivity contribution in [3.8, 4) is 5.75 Å². The molecule has 1 amide bonds. The average molecular weight is 450 g/mol. The van der Waals surface area contributed by atoms with Crippen molar-refractivity contribution >= 4 is 27.6 Å². The fraction of sp³-hybridized carbons (Fsp3) is 0.429. The lowest BCUT2D eigenvalue weighted by atomic mass is 10.2. The van der Waals surface area contributed by atoms with E-state index in [1.165, 1.54) is 33.1 Å². The minimum absolute atomic E-state index is 0.0428. The summed E-state index contributed by atoms with van der Waals surface area (Å²) in [6.07, 6.45) is 2.36. The molecule has 31 heavy (non-hydrogen) atoms. The van der Waals surface area contributed by atoms with Crippen LogP contribution in [0, 0.1) is 0 Å². The number of methoxy groups -OCH3 is 1. The van der Waals surface area contributed by atoms with Crippen molar-refractivity contribution in [2.45, 2.75) is 30.7 Å². The molecule has 3 rings (SSSR count). The number of nitrogens with zero attached hydrogens (tertiary/aromatic N) is 3. The first-order chi connectivity index (χ1) is 14.7. The summed E-state index contributed by atoms with van der Waals surface area (Å²) in [5.41, 5.74) is 0.764. The molecule has 0 bridgehead atoms. The maximum Gasteiger partial charge on any atom is 0.354 e. The third kappa shape index (κ3) is 4.45. The Morgan fingerprint density at radius 1 is 1.23 bits per heavy atom. The van der Waals surface area contributed by atoms with Crippen molar-refractivity contribution in [1.29, 1.82) is 0 Å². The Morgan fingerprint density at radius 3 is 2.52 bits per heavy atom. The molecule has 1 aliphatic heterocycles. The van der Waals surface area contributed by atoms with E-state index in [-0.39, 0.29) is 23.0 Å². The number of aryl methyl sites for hydroxylation is 1. The van der Waals surface area contributed by atoms with Gasteiger partial charge in [0.2, 0.25) is 15.9 Å². The van der Waals surface area contributed by atoms with Gasteiger partial charge >= 0.3 is 5.97 Å². The van der Waals surface area contributed by atoms with Crippen molar-refractivity contribution in [2.75, 3.05) is 32.2 Å². The van der Waals surface area contributed by atoms with Gasteiger partial charge in [0.05, 0.1) is 13.7 Å². The fourth-order valence-corrected chi connectivity index (χ4v) is 5.40. The van der Waals surface area contributed by atoms with Crippen LogP contribution in [0.2, 0.25) is 0 Å². The molecular formula is C21H27N3O6S. The molecule has 1 aliphatic rings. The molecule has 0 radical (unpaired) electrons. The van der Waals surface area contributed by atoms with Gasteiger partial charge in [0, 0.05) is 32.5 Å². The molecular weight excluding hydrogens is 422 g/mol. The number of carbonyl (C=O) groups is 2. The van der Waals surface area contributed by atoms with E-state index in [9.17, 15) is 18.0 Å². The fourth-order valence-electron chi connectivity index (χ4n) is 3.68. The molecule has 1 fully saturated rings. The molecule has 0 N–H and O–H groups in total. The van der Waals surface area contributed by atoms with E-state index in [1.807, 2.05) is 6.92 Å². The number of hydrogen-bond acceptors (Lipinski definition) is 6. The summed E-state index contributed by atoms with van der Waals surface area (Å²) in [7, 11) is 0.454. The molecule has 0 unspecified atom stereocenters. The largest absolute Gasteiger partial charge is 0.494 e. The molecule has 10 heteroatoms. The maximum atomic E-state index is 13.3. The molecule has 0 spiro atoms. The first kappa shape index (κ1) is 22.8. The van der Waals surface area contributed by atoms with Gasteiger partial charge in [0.15, 0.2) is 0 Å². The maximum absolute atomic E-state index is 13.3. The number of rotatable bonds is 7. The average Bonchev–Trinajstić information content (AvgIpc) is 3.41. The van der Waals surface area contributed by atoms with E-state index in [4.69, 9.17) is 9.47 Å². The van der Waals surface area contributed by atoms with Crippen LogP contribution in [0.15, 0.2) is 41.4 Å². The zero-order chi connectivity index (χ0) is 22.8. The molecule has 1 saturated heterocycles. The number of ether oxygens (including phenoxy) is 2. The highest BCUT2D eigenvalue weighted by molar-refractivity contribution is 7.89. The Morgan fingerprint density at radius 2 is 1.90 bits per heavy atom. The van der Waals surface area contributed by atoms with Crippen LogP contribution in [-0.4, -0.2) is 62.5 Å². The van der Waals surface area contributed by atoms with Crippen LogP contribution in [0.4, 0.5) is 5.69 Å². The molecule has 9 nitrogen and oxygen atoms in total. The van der Waals surface area contributed by atoms with E-state index in [2.05, 4.69) is 0 Å². The van der Waals surface area contributed by atoms with Gasteiger partial charge in [-0.3, -0.25) is 4.79 Å². The van der Waals surface area contributed by atoms with Crippen LogP contribution in [0.5, 0.6) is 5.75 Å². The number of esters is 1. The van der Waals surface area contributed by atoms with Gasteiger partial charge in [-0.1, -0.05) is 0 Å². The highest BCUT2D eigenvalue weighted by Gasteiger charge is 2.41. The minimum Gasteiger partial charge on any atom is -0.494 e. The lowest BCUT2D eigenvalue weighted by Gasteiger charge is -2.27. The van der Waals surface area contributed by atoms with E-state index in [0.29, 0.717) is 30.9 Å². The highest BCUT2D eigenvalue weighted by atomic mass is 32.2. The summed E-state index contributed by atoms with van der Waals surface area (Å²) in [6, 6.07) is 7.52. The third-order valence-corrected chi connectivity index (χ3v) is 7.21. The number of hydrogen-bond donors (Lipinski definition) is 0. The zero-order valence-corrected chi connectivity index (χ0v) is 18.9. The summed E-state index contributed by atoms with van der Waals surface area (Å²) in [6.45, 7) is 2.66. The van der Waals surface area contributed by atoms with Gasteiger partial charge in [-0.05, 0) is 50.1 Å². The first-order valence-corrected chi connectivity index (χ1v) is 11.4. The predicted octanol–water partition coefficient (Wildman–Crippen LogP) is 2.03. The second-order valence-electron chi connectivity index (χ2n) is 7.26. The number of anilines is 1. The summed E-state index contributed by atoms with van der Waals surface area (Å²) in [4.78, 5) is 26.5. The monoisotopic (exact) mass is 449 g/mol. The Balaban J connectivity index is 1.84. The van der Waals surface area contributed by atoms with Gasteiger partial charge < -0.3 is 18.9 Å². The van der Waals surface area contributed by atoms with Crippen molar-refractivity contribution in [2.24, 2.45) is 7.05 Å². The van der Waals surface area contributed by atoms with Crippen LogP contribution >= 0.6 is 0 Å². The number of benzene rings is 1. The van der Waals surface area contributed by atoms with E-state index >= 15 is 0 Å². The zero-order valence-electron chi connectivity index (χ0n) is 18.1. The molecule has 168 valence electrons. The number of aromatic nitrogens is 1. The molecule has 1 aromatic heterocycles. The first-order valence-electron chi connectivity index (χ1n) is 9.97. The highest BCUT2D eigenvalue weighted by Crippen LogP contribution is 2.29. The topological polar surface area (TPSA) is 98.2 Å². The Kier molecular flexibility index (Phi) is 6.71. The number of likely N-dealkylation sites (N-methyl/N-ethyl adjacent to an activating group) is 1. The summed E-state index contributed by atoms with van der Waals surface area (Å²) in [5.74, 6) is -0.245. The van der Waals surface area contributed by atoms with Crippen molar-refractivity contribution in [1.82, 2.24) is 8.87 Å². The number of carbonyl (C=O) groups excluding carboxylic acids is 2. The van der Waals surface area contributed by atoms with Crippen molar-refractivity contribution in [3.63, 3.8) is 0 Å². The lowest BCUT2D eigenvalue weighted by molar-refractivity contribution is -0.121. The summed E-state index contributed by atoms with van der Waals surface area (Å²) in [5, 5.41) is 0. The van der Waals surface area contributed by atoms with Crippen LogP contribution in [0.1, 0.15) is 30.3 Å². The van der Waals surface area contributed by atoms with Crippen molar-refractivity contribution < 1.29 is 27.5 Å². The second-order valence-corrected chi connectivity index (χ2v) is 9.15. The van der Waals surface area contributed by atoms with Crippen LogP contribution in [0.25, 0.3) is 0 Å².